The lowest BCUT2D eigenvalue weighted by Gasteiger charge is -2.42. The number of ether oxygens (including phenoxy) is 2. The first-order chi connectivity index (χ1) is 20.9. The highest BCUT2D eigenvalue weighted by Gasteiger charge is 2.47. The van der Waals surface area contributed by atoms with Crippen LogP contribution in [0.4, 0.5) is 0 Å². The zero-order valence-electron chi connectivity index (χ0n) is 23.8. The van der Waals surface area contributed by atoms with E-state index < -0.39 is 85.1 Å². The Morgan fingerprint density at radius 3 is 2.48 bits per heavy atom. The molecule has 3 aliphatic rings. The third kappa shape index (κ3) is 5.82. The van der Waals surface area contributed by atoms with Crippen molar-refractivity contribution in [1.82, 2.24) is 5.32 Å². The molecule has 1 unspecified atom stereocenters. The highest BCUT2D eigenvalue weighted by Crippen LogP contribution is 2.43. The second-order valence-electron chi connectivity index (χ2n) is 11.4. The Labute approximate surface area is 251 Å². The topological polar surface area (TPSA) is 217 Å². The fourth-order valence-corrected chi connectivity index (χ4v) is 6.21. The summed E-state index contributed by atoms with van der Waals surface area (Å²) in [6.07, 6.45) is -5.51. The van der Waals surface area contributed by atoms with Crippen LogP contribution in [0, 0.1) is 0 Å². The predicted octanol–water partition coefficient (Wildman–Crippen LogP) is 0.0961. The lowest BCUT2D eigenvalue weighted by atomic mass is 9.73. The zero-order valence-corrected chi connectivity index (χ0v) is 23.8. The van der Waals surface area contributed by atoms with Crippen LogP contribution in [0.25, 0.3) is 0 Å². The molecule has 0 radical (unpaired) electrons. The van der Waals surface area contributed by atoms with Crippen molar-refractivity contribution in [3.63, 3.8) is 0 Å². The van der Waals surface area contributed by atoms with Gasteiger partial charge in [-0.25, -0.2) is 0 Å². The minimum atomic E-state index is -2.07. The third-order valence-electron chi connectivity index (χ3n) is 8.51. The number of aliphatic carboxylic acids is 1. The van der Waals surface area contributed by atoms with Gasteiger partial charge in [0.25, 0.3) is 0 Å². The van der Waals surface area contributed by atoms with E-state index in [1.165, 1.54) is 18.2 Å². The van der Waals surface area contributed by atoms with Gasteiger partial charge in [0.1, 0.15) is 18.3 Å². The maximum absolute atomic E-state index is 13.6. The molecule has 1 heterocycles. The predicted molar refractivity (Wildman–Crippen MR) is 149 cm³/mol. The minimum Gasteiger partial charge on any atom is -0.481 e. The number of carboxylic acid groups (broad SMARTS) is 1. The van der Waals surface area contributed by atoms with Crippen molar-refractivity contribution in [3.05, 3.63) is 69.3 Å². The van der Waals surface area contributed by atoms with Crippen LogP contribution in [0.5, 0.6) is 0 Å². The summed E-state index contributed by atoms with van der Waals surface area (Å²) in [6, 6.07) is 6.63. The third-order valence-corrected chi connectivity index (χ3v) is 8.51. The SMILES string of the molecule is CC1O[C@@H](O[C@H]2C[C@](O)(C(=O)CO)Cc3cc4c(cc32)C(=O)c2c(CO)cccc2C4=O)C[C@@H](NC(=O)CCC(=O)O)[C@@H]1O. The summed E-state index contributed by atoms with van der Waals surface area (Å²) in [7, 11) is 0. The van der Waals surface area contributed by atoms with Crippen LogP contribution in [-0.2, 0) is 36.9 Å². The zero-order chi connectivity index (χ0) is 31.9. The number of hydrogen-bond donors (Lipinski definition) is 6. The van der Waals surface area contributed by atoms with Gasteiger partial charge in [-0.2, -0.15) is 0 Å². The molecule has 1 fully saturated rings. The van der Waals surface area contributed by atoms with Crippen LogP contribution >= 0.6 is 0 Å². The number of benzene rings is 2. The van der Waals surface area contributed by atoms with E-state index in [1.54, 1.807) is 19.1 Å². The number of hydrogen-bond acceptors (Lipinski definition) is 11. The first-order valence-electron chi connectivity index (χ1n) is 14.2. The highest BCUT2D eigenvalue weighted by atomic mass is 16.7. The summed E-state index contributed by atoms with van der Waals surface area (Å²) in [5.74, 6) is -3.56. The van der Waals surface area contributed by atoms with Gasteiger partial charge >= 0.3 is 5.97 Å². The number of amides is 1. The average Bonchev–Trinajstić information content (AvgIpc) is 2.99. The van der Waals surface area contributed by atoms with E-state index in [1.807, 2.05) is 0 Å². The van der Waals surface area contributed by atoms with Gasteiger partial charge in [-0.1, -0.05) is 18.2 Å². The monoisotopic (exact) mass is 611 g/mol. The number of aliphatic hydroxyl groups excluding tert-OH is 3. The Morgan fingerprint density at radius 2 is 1.80 bits per heavy atom. The highest BCUT2D eigenvalue weighted by molar-refractivity contribution is 6.29. The molecule has 234 valence electrons. The van der Waals surface area contributed by atoms with E-state index in [0.717, 1.165) is 0 Å². The van der Waals surface area contributed by atoms with Gasteiger partial charge in [0.15, 0.2) is 23.6 Å². The molecule has 13 nitrogen and oxygen atoms in total. The Morgan fingerprint density at radius 1 is 1.07 bits per heavy atom. The number of rotatable bonds is 9. The minimum absolute atomic E-state index is 0.0607. The molecule has 2 aromatic rings. The van der Waals surface area contributed by atoms with Gasteiger partial charge < -0.3 is 40.3 Å². The lowest BCUT2D eigenvalue weighted by Crippen LogP contribution is -2.55. The molecule has 13 heteroatoms. The Kier molecular flexibility index (Phi) is 8.80. The fraction of sp³-hybridized carbons (Fsp3) is 0.452. The Hall–Kier alpha value is -3.85. The molecule has 1 amide bonds. The Bertz CT molecular complexity index is 1540. The van der Waals surface area contributed by atoms with E-state index in [-0.39, 0.29) is 47.9 Å². The summed E-state index contributed by atoms with van der Waals surface area (Å²) in [4.78, 5) is 63.0. The van der Waals surface area contributed by atoms with E-state index in [0.29, 0.717) is 16.7 Å². The molecule has 0 bridgehead atoms. The number of Topliss-reactive ketones (excluding diaryl/α,β-unsaturated/α-hetero) is 1. The number of ketones is 3. The number of carboxylic acids is 1. The maximum atomic E-state index is 13.6. The summed E-state index contributed by atoms with van der Waals surface area (Å²) < 4.78 is 12.1. The average molecular weight is 612 g/mol. The van der Waals surface area contributed by atoms with E-state index in [9.17, 15) is 44.4 Å². The molecule has 6 N–H and O–H groups in total. The molecule has 5 rings (SSSR count). The van der Waals surface area contributed by atoms with Crippen molar-refractivity contribution < 1.29 is 59.0 Å². The van der Waals surface area contributed by atoms with Gasteiger partial charge in [0, 0.05) is 47.9 Å². The molecule has 6 atom stereocenters. The fourth-order valence-electron chi connectivity index (χ4n) is 6.21. The number of fused-ring (bicyclic) bond motifs is 3. The summed E-state index contributed by atoms with van der Waals surface area (Å²) in [6.45, 7) is 0.140. The molecular weight excluding hydrogens is 578 g/mol. The molecule has 0 saturated carbocycles. The summed E-state index contributed by atoms with van der Waals surface area (Å²) >= 11 is 0. The van der Waals surface area contributed by atoms with Gasteiger partial charge in [-0.15, -0.1) is 0 Å². The van der Waals surface area contributed by atoms with Crippen molar-refractivity contribution in [1.29, 1.82) is 0 Å². The number of nitrogens with one attached hydrogen (secondary N) is 1. The summed E-state index contributed by atoms with van der Waals surface area (Å²) in [5.41, 5.74) is -0.707. The molecule has 1 saturated heterocycles. The van der Waals surface area contributed by atoms with E-state index in [4.69, 9.17) is 14.6 Å². The van der Waals surface area contributed by atoms with Crippen LogP contribution in [0.2, 0.25) is 0 Å². The van der Waals surface area contributed by atoms with E-state index >= 15 is 0 Å². The van der Waals surface area contributed by atoms with Crippen molar-refractivity contribution in [3.8, 4) is 0 Å². The van der Waals surface area contributed by atoms with Crippen LogP contribution in [0.3, 0.4) is 0 Å². The quantitative estimate of drug-likeness (QED) is 0.190. The molecule has 0 aromatic heterocycles. The van der Waals surface area contributed by atoms with Crippen LogP contribution in [0.1, 0.15) is 87.2 Å². The normalized spacial score (nSPS) is 27.6. The smallest absolute Gasteiger partial charge is 0.303 e. The van der Waals surface area contributed by atoms with Gasteiger partial charge in [-0.05, 0) is 35.7 Å². The van der Waals surface area contributed by atoms with Crippen molar-refractivity contribution >= 4 is 29.2 Å². The Balaban J connectivity index is 1.49. The van der Waals surface area contributed by atoms with Crippen LogP contribution < -0.4 is 5.32 Å². The summed E-state index contributed by atoms with van der Waals surface area (Å²) in [5, 5.41) is 52.9. The van der Waals surface area contributed by atoms with Crippen molar-refractivity contribution in [2.45, 2.75) is 81.9 Å². The van der Waals surface area contributed by atoms with Crippen LogP contribution in [0.15, 0.2) is 30.3 Å². The second-order valence-corrected chi connectivity index (χ2v) is 11.4. The van der Waals surface area contributed by atoms with Crippen molar-refractivity contribution in [2.75, 3.05) is 6.61 Å². The van der Waals surface area contributed by atoms with Gasteiger partial charge in [-0.3, -0.25) is 24.0 Å². The first-order valence-corrected chi connectivity index (χ1v) is 14.2. The molecular formula is C31H33NO12. The molecule has 44 heavy (non-hydrogen) atoms. The van der Waals surface area contributed by atoms with Crippen LogP contribution in [-0.4, -0.2) is 91.5 Å². The lowest BCUT2D eigenvalue weighted by molar-refractivity contribution is -0.249. The van der Waals surface area contributed by atoms with Gasteiger partial charge in [0.05, 0.1) is 31.3 Å². The molecule has 2 aliphatic carbocycles. The van der Waals surface area contributed by atoms with Crippen molar-refractivity contribution in [2.24, 2.45) is 0 Å². The molecule has 0 spiro atoms. The standard InChI is InChI=1S/C31H33NO12/c1-14-28(39)21(32-24(36)5-6-25(37)38)9-26(43-14)44-22-11-31(42,23(35)13-34)10-16-7-19-20(8-18(16)22)30(41)27-15(12-33)3-2-4-17(27)29(19)40/h2-4,7-8,14,21-22,26,28,33-34,39,42H,5-6,9-13H2,1H3,(H,32,36)(H,37,38)/t14?,21-,22+,26+,28-,31+/m1/s1. The molecule has 1 aliphatic heterocycles. The maximum Gasteiger partial charge on any atom is 0.303 e. The number of aliphatic hydroxyl groups is 4. The number of carbonyl (C=O) groups is 5. The largest absolute Gasteiger partial charge is 0.481 e. The first kappa shape index (κ1) is 31.6. The van der Waals surface area contributed by atoms with Gasteiger partial charge in [0.2, 0.25) is 5.91 Å². The van der Waals surface area contributed by atoms with E-state index in [2.05, 4.69) is 5.32 Å². The molecule has 2 aromatic carbocycles. The second kappa shape index (κ2) is 12.3. The number of carbonyl (C=O) groups excluding carboxylic acids is 4.